The van der Waals surface area contributed by atoms with Crippen LogP contribution in [0, 0.1) is 0 Å². The Kier molecular flexibility index (Phi) is 5.95. The zero-order valence-corrected chi connectivity index (χ0v) is 12.3. The number of rotatable bonds is 5. The maximum absolute atomic E-state index is 5.84. The summed E-state index contributed by atoms with van der Waals surface area (Å²) in [7, 11) is 2.20. The van der Waals surface area contributed by atoms with Crippen LogP contribution < -0.4 is 10.1 Å². The third kappa shape index (κ3) is 5.01. The van der Waals surface area contributed by atoms with E-state index in [1.165, 1.54) is 19.3 Å². The first-order valence-corrected chi connectivity index (χ1v) is 7.43. The van der Waals surface area contributed by atoms with E-state index in [0.717, 1.165) is 37.0 Å². The second-order valence-corrected chi connectivity index (χ2v) is 5.55. The van der Waals surface area contributed by atoms with E-state index in [1.54, 1.807) is 0 Å². The molecule has 1 heterocycles. The lowest BCUT2D eigenvalue weighted by Gasteiger charge is -2.26. The van der Waals surface area contributed by atoms with Gasteiger partial charge in [0.1, 0.15) is 12.4 Å². The number of nitrogens with one attached hydrogen (secondary N) is 1. The smallest absolute Gasteiger partial charge is 0.119 e. The number of benzene rings is 1. The minimum Gasteiger partial charge on any atom is -0.492 e. The molecule has 1 aliphatic heterocycles. The molecule has 0 aromatic heterocycles. The van der Waals surface area contributed by atoms with Crippen molar-refractivity contribution >= 4 is 11.6 Å². The van der Waals surface area contributed by atoms with Crippen LogP contribution in [0.2, 0.25) is 5.02 Å². The molecule has 1 aromatic carbocycles. The summed E-state index contributed by atoms with van der Waals surface area (Å²) >= 11 is 5.84. The second-order valence-electron chi connectivity index (χ2n) is 5.12. The molecule has 0 amide bonds. The van der Waals surface area contributed by atoms with Gasteiger partial charge in [-0.3, -0.25) is 4.90 Å². The predicted molar refractivity (Wildman–Crippen MR) is 80.1 cm³/mol. The summed E-state index contributed by atoms with van der Waals surface area (Å²) in [4.78, 5) is 2.42. The molecule has 1 saturated heterocycles. The van der Waals surface area contributed by atoms with Crippen LogP contribution in [0.1, 0.15) is 19.3 Å². The molecular formula is C15H23ClN2O. The fraction of sp³-hybridized carbons (Fsp3) is 0.600. The van der Waals surface area contributed by atoms with Gasteiger partial charge >= 0.3 is 0 Å². The van der Waals surface area contributed by atoms with E-state index in [-0.39, 0.29) is 0 Å². The van der Waals surface area contributed by atoms with Crippen molar-refractivity contribution in [1.29, 1.82) is 0 Å². The highest BCUT2D eigenvalue weighted by Gasteiger charge is 2.16. The average molecular weight is 283 g/mol. The Balaban J connectivity index is 1.70. The van der Waals surface area contributed by atoms with Gasteiger partial charge in [-0.2, -0.15) is 0 Å². The van der Waals surface area contributed by atoms with Crippen molar-refractivity contribution in [2.75, 3.05) is 33.3 Å². The van der Waals surface area contributed by atoms with Crippen LogP contribution in [0.15, 0.2) is 24.3 Å². The molecule has 1 fully saturated rings. The van der Waals surface area contributed by atoms with Crippen molar-refractivity contribution in [3.63, 3.8) is 0 Å². The first-order chi connectivity index (χ1) is 9.25. The molecule has 1 aliphatic rings. The second kappa shape index (κ2) is 7.73. The average Bonchev–Trinajstić information content (AvgIpc) is 2.70. The molecule has 0 aliphatic carbocycles. The number of ether oxygens (including phenoxy) is 1. The van der Waals surface area contributed by atoms with Gasteiger partial charge in [0.2, 0.25) is 0 Å². The van der Waals surface area contributed by atoms with Crippen molar-refractivity contribution in [2.24, 2.45) is 0 Å². The lowest BCUT2D eigenvalue weighted by molar-refractivity contribution is 0.180. The molecule has 0 radical (unpaired) electrons. The summed E-state index contributed by atoms with van der Waals surface area (Å²) in [6, 6.07) is 8.23. The minimum absolute atomic E-state index is 0.684. The summed E-state index contributed by atoms with van der Waals surface area (Å²) < 4.78 is 5.74. The zero-order chi connectivity index (χ0) is 13.5. The number of hydrogen-bond donors (Lipinski definition) is 1. The van der Waals surface area contributed by atoms with Gasteiger partial charge in [0, 0.05) is 17.6 Å². The van der Waals surface area contributed by atoms with Crippen molar-refractivity contribution in [1.82, 2.24) is 10.2 Å². The van der Waals surface area contributed by atoms with Gasteiger partial charge in [-0.25, -0.2) is 0 Å². The summed E-state index contributed by atoms with van der Waals surface area (Å²) in [6.45, 7) is 3.98. The fourth-order valence-electron chi connectivity index (χ4n) is 2.46. The normalized spacial score (nSPS) is 20.3. The zero-order valence-electron chi connectivity index (χ0n) is 11.6. The van der Waals surface area contributed by atoms with Crippen molar-refractivity contribution in [3.8, 4) is 5.75 Å². The lowest BCUT2D eigenvalue weighted by Crippen LogP contribution is -2.35. The fourth-order valence-corrected chi connectivity index (χ4v) is 2.59. The Labute approximate surface area is 120 Å². The minimum atomic E-state index is 0.684. The number of nitrogens with zero attached hydrogens (tertiary/aromatic N) is 1. The Morgan fingerprint density at radius 3 is 2.84 bits per heavy atom. The van der Waals surface area contributed by atoms with E-state index in [9.17, 15) is 0 Å². The first-order valence-electron chi connectivity index (χ1n) is 7.05. The predicted octanol–water partition coefficient (Wildman–Crippen LogP) is 2.79. The summed E-state index contributed by atoms with van der Waals surface area (Å²) in [5.74, 6) is 0.889. The van der Waals surface area contributed by atoms with E-state index in [4.69, 9.17) is 16.3 Å². The van der Waals surface area contributed by atoms with Crippen molar-refractivity contribution in [2.45, 2.75) is 25.3 Å². The molecule has 1 atom stereocenters. The Hall–Kier alpha value is -0.770. The molecule has 2 rings (SSSR count). The molecule has 0 bridgehead atoms. The quantitative estimate of drug-likeness (QED) is 0.899. The molecule has 1 unspecified atom stereocenters. The van der Waals surface area contributed by atoms with E-state index in [0.29, 0.717) is 6.04 Å². The first kappa shape index (κ1) is 14.6. The maximum Gasteiger partial charge on any atom is 0.119 e. The van der Waals surface area contributed by atoms with Gasteiger partial charge in [-0.05, 0) is 63.7 Å². The van der Waals surface area contributed by atoms with E-state index in [2.05, 4.69) is 17.3 Å². The molecular weight excluding hydrogens is 260 g/mol. The monoisotopic (exact) mass is 282 g/mol. The van der Waals surface area contributed by atoms with Crippen molar-refractivity contribution < 1.29 is 4.74 Å². The van der Waals surface area contributed by atoms with Crippen LogP contribution in [0.3, 0.4) is 0 Å². The molecule has 106 valence electrons. The van der Waals surface area contributed by atoms with Gasteiger partial charge in [-0.15, -0.1) is 0 Å². The molecule has 3 nitrogen and oxygen atoms in total. The van der Waals surface area contributed by atoms with Gasteiger partial charge < -0.3 is 10.1 Å². The summed E-state index contributed by atoms with van der Waals surface area (Å²) in [5, 5.41) is 4.19. The topological polar surface area (TPSA) is 24.5 Å². The highest BCUT2D eigenvalue weighted by Crippen LogP contribution is 2.16. The molecule has 1 N–H and O–H groups in total. The van der Waals surface area contributed by atoms with Crippen LogP contribution >= 0.6 is 11.6 Å². The highest BCUT2D eigenvalue weighted by molar-refractivity contribution is 6.30. The third-order valence-corrected chi connectivity index (χ3v) is 3.95. The van der Waals surface area contributed by atoms with E-state index < -0.39 is 0 Å². The summed E-state index contributed by atoms with van der Waals surface area (Å²) in [6.07, 6.45) is 3.79. The third-order valence-electron chi connectivity index (χ3n) is 3.69. The van der Waals surface area contributed by atoms with Gasteiger partial charge in [0.25, 0.3) is 0 Å². The Bertz CT molecular complexity index is 361. The molecule has 0 spiro atoms. The van der Waals surface area contributed by atoms with Crippen LogP contribution in [0.4, 0.5) is 0 Å². The SMILES string of the molecule is CN(CCOc1ccc(Cl)cc1)C1CCCNCC1. The maximum atomic E-state index is 5.84. The van der Waals surface area contributed by atoms with Crippen LogP contribution in [0.5, 0.6) is 5.75 Å². The lowest BCUT2D eigenvalue weighted by atomic mass is 10.1. The van der Waals surface area contributed by atoms with E-state index >= 15 is 0 Å². The number of halogens is 1. The Morgan fingerprint density at radius 1 is 1.26 bits per heavy atom. The van der Waals surface area contributed by atoms with Gasteiger partial charge in [-0.1, -0.05) is 11.6 Å². The van der Waals surface area contributed by atoms with E-state index in [1.807, 2.05) is 24.3 Å². The number of likely N-dealkylation sites (N-methyl/N-ethyl adjacent to an activating group) is 1. The highest BCUT2D eigenvalue weighted by atomic mass is 35.5. The Morgan fingerprint density at radius 2 is 2.05 bits per heavy atom. The van der Waals surface area contributed by atoms with Gasteiger partial charge in [0.15, 0.2) is 0 Å². The van der Waals surface area contributed by atoms with Crippen molar-refractivity contribution in [3.05, 3.63) is 29.3 Å². The molecule has 19 heavy (non-hydrogen) atoms. The molecule has 4 heteroatoms. The largest absolute Gasteiger partial charge is 0.492 e. The standard InChI is InChI=1S/C15H23ClN2O/c1-18(14-3-2-9-17-10-8-14)11-12-19-15-6-4-13(16)5-7-15/h4-7,14,17H,2-3,8-12H2,1H3. The van der Waals surface area contributed by atoms with Gasteiger partial charge in [0.05, 0.1) is 0 Å². The van der Waals surface area contributed by atoms with Crippen LogP contribution in [0.25, 0.3) is 0 Å². The molecule has 1 aromatic rings. The molecule has 0 saturated carbocycles. The summed E-state index contributed by atoms with van der Waals surface area (Å²) in [5.41, 5.74) is 0. The van der Waals surface area contributed by atoms with Crippen LogP contribution in [-0.4, -0.2) is 44.2 Å². The number of hydrogen-bond acceptors (Lipinski definition) is 3. The van der Waals surface area contributed by atoms with Crippen LogP contribution in [-0.2, 0) is 0 Å².